The minimum atomic E-state index is -1.11. The third-order valence-corrected chi connectivity index (χ3v) is 3.68. The van der Waals surface area contributed by atoms with Crippen LogP contribution in [0.15, 0.2) is 36.4 Å². The van der Waals surface area contributed by atoms with Gasteiger partial charge in [0, 0.05) is 15.7 Å². The van der Waals surface area contributed by atoms with Gasteiger partial charge < -0.3 is 10.1 Å². The van der Waals surface area contributed by atoms with E-state index in [-0.39, 0.29) is 10.6 Å². The summed E-state index contributed by atoms with van der Waals surface area (Å²) in [7, 11) is 0. The number of halogens is 4. The minimum Gasteiger partial charge on any atom is -0.449 e. The number of amides is 1. The molecule has 8 heteroatoms. The Hall–Kier alpha value is -1.82. The molecule has 126 valence electrons. The van der Waals surface area contributed by atoms with Gasteiger partial charge in [-0.2, -0.15) is 0 Å². The van der Waals surface area contributed by atoms with Crippen molar-refractivity contribution in [1.82, 2.24) is 0 Å². The lowest BCUT2D eigenvalue weighted by atomic mass is 10.2. The van der Waals surface area contributed by atoms with Crippen molar-refractivity contribution in [2.45, 2.75) is 13.0 Å². The van der Waals surface area contributed by atoms with E-state index in [0.717, 1.165) is 12.1 Å². The molecule has 0 heterocycles. The van der Waals surface area contributed by atoms with E-state index in [9.17, 15) is 14.0 Å². The van der Waals surface area contributed by atoms with Gasteiger partial charge in [-0.1, -0.05) is 34.8 Å². The average Bonchev–Trinajstić information content (AvgIpc) is 2.45. The van der Waals surface area contributed by atoms with Crippen LogP contribution in [0.25, 0.3) is 0 Å². The third-order valence-electron chi connectivity index (χ3n) is 2.93. The van der Waals surface area contributed by atoms with E-state index in [1.54, 1.807) is 0 Å². The summed E-state index contributed by atoms with van der Waals surface area (Å²) in [5, 5.41) is 3.12. The first-order chi connectivity index (χ1) is 11.3. The molecule has 1 N–H and O–H groups in total. The molecule has 1 amide bonds. The number of hydrogen-bond acceptors (Lipinski definition) is 3. The van der Waals surface area contributed by atoms with Gasteiger partial charge in [0.1, 0.15) is 5.82 Å². The first kappa shape index (κ1) is 18.5. The molecular formula is C16H11Cl3FNO3. The van der Waals surface area contributed by atoms with E-state index in [4.69, 9.17) is 39.5 Å². The van der Waals surface area contributed by atoms with Gasteiger partial charge >= 0.3 is 5.97 Å². The number of carbonyl (C=O) groups excluding carboxylic acids is 2. The summed E-state index contributed by atoms with van der Waals surface area (Å²) in [5.41, 5.74) is 0.323. The SMILES string of the molecule is C[C@@H](OC(=O)c1ccc(F)cc1Cl)C(=O)Nc1cc(Cl)cc(Cl)c1. The molecule has 0 fully saturated rings. The summed E-state index contributed by atoms with van der Waals surface area (Å²) in [6.07, 6.45) is -1.11. The third kappa shape index (κ3) is 4.84. The standard InChI is InChI=1S/C16H11Cl3FNO3/c1-8(15(22)21-12-5-9(17)4-10(18)6-12)24-16(23)13-3-2-11(20)7-14(13)19/h2-8H,1H3,(H,21,22)/t8-/m1/s1. The molecule has 0 aliphatic rings. The molecule has 2 aromatic carbocycles. The average molecular weight is 391 g/mol. The van der Waals surface area contributed by atoms with Crippen LogP contribution in [0.5, 0.6) is 0 Å². The van der Waals surface area contributed by atoms with Crippen molar-refractivity contribution in [3.05, 3.63) is 62.8 Å². The van der Waals surface area contributed by atoms with E-state index in [2.05, 4.69) is 5.32 Å². The molecule has 0 unspecified atom stereocenters. The molecule has 24 heavy (non-hydrogen) atoms. The zero-order chi connectivity index (χ0) is 17.9. The Labute approximate surface area is 152 Å². The number of benzene rings is 2. The number of hydrogen-bond donors (Lipinski definition) is 1. The largest absolute Gasteiger partial charge is 0.449 e. The number of esters is 1. The minimum absolute atomic E-state index is 0.0384. The first-order valence-electron chi connectivity index (χ1n) is 6.69. The van der Waals surface area contributed by atoms with Crippen molar-refractivity contribution in [2.24, 2.45) is 0 Å². The van der Waals surface area contributed by atoms with Gasteiger partial charge in [0.05, 0.1) is 10.6 Å². The normalized spacial score (nSPS) is 11.7. The molecule has 0 saturated heterocycles. The van der Waals surface area contributed by atoms with Crippen molar-refractivity contribution in [1.29, 1.82) is 0 Å². The smallest absolute Gasteiger partial charge is 0.340 e. The summed E-state index contributed by atoms with van der Waals surface area (Å²) in [5.74, 6) is -2.01. The quantitative estimate of drug-likeness (QED) is 0.750. The number of anilines is 1. The lowest BCUT2D eigenvalue weighted by molar-refractivity contribution is -0.123. The Morgan fingerprint density at radius 3 is 2.29 bits per heavy atom. The molecule has 1 atom stereocenters. The van der Waals surface area contributed by atoms with E-state index in [1.165, 1.54) is 31.2 Å². The van der Waals surface area contributed by atoms with Crippen LogP contribution in [0.4, 0.5) is 10.1 Å². The van der Waals surface area contributed by atoms with Crippen LogP contribution in [0, 0.1) is 5.82 Å². The van der Waals surface area contributed by atoms with Crippen molar-refractivity contribution < 1.29 is 18.7 Å². The Morgan fingerprint density at radius 2 is 1.71 bits per heavy atom. The number of nitrogens with one attached hydrogen (secondary N) is 1. The van der Waals surface area contributed by atoms with E-state index in [0.29, 0.717) is 15.7 Å². The van der Waals surface area contributed by atoms with Gasteiger partial charge in [-0.05, 0) is 43.3 Å². The van der Waals surface area contributed by atoms with E-state index < -0.39 is 23.8 Å². The maximum atomic E-state index is 13.0. The summed E-state index contributed by atoms with van der Waals surface area (Å²) < 4.78 is 18.0. The lowest BCUT2D eigenvalue weighted by Crippen LogP contribution is -2.30. The second kappa shape index (κ2) is 7.83. The van der Waals surface area contributed by atoms with E-state index in [1.807, 2.05) is 0 Å². The lowest BCUT2D eigenvalue weighted by Gasteiger charge is -2.14. The molecular weight excluding hydrogens is 380 g/mol. The van der Waals surface area contributed by atoms with Crippen LogP contribution in [0.2, 0.25) is 15.1 Å². The van der Waals surface area contributed by atoms with Crippen molar-refractivity contribution >= 4 is 52.4 Å². The number of rotatable bonds is 4. The summed E-state index contributed by atoms with van der Waals surface area (Å²) in [4.78, 5) is 24.1. The highest BCUT2D eigenvalue weighted by Gasteiger charge is 2.21. The molecule has 0 aromatic heterocycles. The van der Waals surface area contributed by atoms with Gasteiger partial charge in [0.15, 0.2) is 6.10 Å². The van der Waals surface area contributed by atoms with Crippen molar-refractivity contribution in [2.75, 3.05) is 5.32 Å². The van der Waals surface area contributed by atoms with Gasteiger partial charge in [-0.3, -0.25) is 4.79 Å². The Bertz CT molecular complexity index is 778. The number of ether oxygens (including phenoxy) is 1. The van der Waals surface area contributed by atoms with Gasteiger partial charge in [-0.25, -0.2) is 9.18 Å². The van der Waals surface area contributed by atoms with E-state index >= 15 is 0 Å². The second-order valence-corrected chi connectivity index (χ2v) is 6.10. The molecule has 2 rings (SSSR count). The molecule has 0 spiro atoms. The molecule has 0 aliphatic heterocycles. The summed E-state index contributed by atoms with van der Waals surface area (Å²) in [6.45, 7) is 1.39. The Kier molecular flexibility index (Phi) is 6.04. The summed E-state index contributed by atoms with van der Waals surface area (Å²) in [6, 6.07) is 7.74. The molecule has 0 radical (unpaired) electrons. The van der Waals surface area contributed by atoms with Crippen LogP contribution >= 0.6 is 34.8 Å². The monoisotopic (exact) mass is 389 g/mol. The van der Waals surface area contributed by atoms with Crippen molar-refractivity contribution in [3.8, 4) is 0 Å². The van der Waals surface area contributed by atoms with Crippen LogP contribution in [0.3, 0.4) is 0 Å². The van der Waals surface area contributed by atoms with Gasteiger partial charge in [0.2, 0.25) is 0 Å². The highest BCUT2D eigenvalue weighted by molar-refractivity contribution is 6.35. The maximum absolute atomic E-state index is 13.0. The molecule has 0 saturated carbocycles. The van der Waals surface area contributed by atoms with Crippen LogP contribution in [0.1, 0.15) is 17.3 Å². The second-order valence-electron chi connectivity index (χ2n) is 4.82. The zero-order valence-corrected chi connectivity index (χ0v) is 14.5. The van der Waals surface area contributed by atoms with Crippen LogP contribution in [-0.4, -0.2) is 18.0 Å². The number of carbonyl (C=O) groups is 2. The Morgan fingerprint density at radius 1 is 1.08 bits per heavy atom. The highest BCUT2D eigenvalue weighted by atomic mass is 35.5. The zero-order valence-electron chi connectivity index (χ0n) is 12.3. The first-order valence-corrected chi connectivity index (χ1v) is 7.82. The van der Waals surface area contributed by atoms with Crippen LogP contribution in [-0.2, 0) is 9.53 Å². The van der Waals surface area contributed by atoms with Crippen LogP contribution < -0.4 is 5.32 Å². The predicted octanol–water partition coefficient (Wildman–Crippen LogP) is 4.97. The predicted molar refractivity (Wildman–Crippen MR) is 91.4 cm³/mol. The maximum Gasteiger partial charge on any atom is 0.340 e. The fourth-order valence-corrected chi connectivity index (χ4v) is 2.57. The summed E-state index contributed by atoms with van der Waals surface area (Å²) >= 11 is 17.5. The topological polar surface area (TPSA) is 55.4 Å². The van der Waals surface area contributed by atoms with Crippen molar-refractivity contribution in [3.63, 3.8) is 0 Å². The van der Waals surface area contributed by atoms with Gasteiger partial charge in [0.25, 0.3) is 5.91 Å². The molecule has 0 bridgehead atoms. The fourth-order valence-electron chi connectivity index (χ4n) is 1.80. The molecule has 4 nitrogen and oxygen atoms in total. The fraction of sp³-hybridized carbons (Fsp3) is 0.125. The molecule has 0 aliphatic carbocycles. The Balaban J connectivity index is 2.04. The van der Waals surface area contributed by atoms with Gasteiger partial charge in [-0.15, -0.1) is 0 Å². The molecule has 2 aromatic rings. The highest BCUT2D eigenvalue weighted by Crippen LogP contribution is 2.23.